The van der Waals surface area contributed by atoms with Crippen LogP contribution in [0.25, 0.3) is 0 Å². The van der Waals surface area contributed by atoms with Crippen LogP contribution in [0, 0.1) is 0 Å². The maximum atomic E-state index is 5.33. The Bertz CT molecular complexity index is 183. The molecule has 0 saturated carbocycles. The first kappa shape index (κ1) is 8.69. The summed E-state index contributed by atoms with van der Waals surface area (Å²) in [7, 11) is 0. The molecule has 0 atom stereocenters. The lowest BCUT2D eigenvalue weighted by molar-refractivity contribution is 1.37. The van der Waals surface area contributed by atoms with Crippen molar-refractivity contribution in [2.75, 3.05) is 0 Å². The fraction of sp³-hybridized carbons (Fsp3) is 0.125. The molecule has 0 spiro atoms. The number of allylic oxidation sites excluding steroid dienone is 3. The molecule has 0 amide bonds. The molecule has 0 aliphatic heterocycles. The van der Waals surface area contributed by atoms with E-state index in [4.69, 9.17) is 5.73 Å². The Hall–Kier alpha value is -1.31. The molecule has 0 heterocycles. The summed E-state index contributed by atoms with van der Waals surface area (Å²) >= 11 is 0. The van der Waals surface area contributed by atoms with Gasteiger partial charge < -0.3 is 5.73 Å². The molecule has 2 heteroatoms. The van der Waals surface area contributed by atoms with Gasteiger partial charge in [0.1, 0.15) is 0 Å². The molecule has 0 radical (unpaired) electrons. The molecule has 2 nitrogen and oxygen atoms in total. The van der Waals surface area contributed by atoms with Crippen molar-refractivity contribution < 1.29 is 0 Å². The van der Waals surface area contributed by atoms with E-state index in [1.54, 1.807) is 25.2 Å². The SMILES string of the molecule is C=C/C=C(\C=C)N=C(C)N. The van der Waals surface area contributed by atoms with Gasteiger partial charge in [0.15, 0.2) is 0 Å². The minimum absolute atomic E-state index is 0.521. The second kappa shape index (κ2) is 4.56. The molecule has 0 unspecified atom stereocenters. The molecule has 0 aromatic heterocycles. The predicted octanol–water partition coefficient (Wildman–Crippen LogP) is 1.62. The highest BCUT2D eigenvalue weighted by atomic mass is 14.8. The first-order valence-corrected chi connectivity index (χ1v) is 2.96. The van der Waals surface area contributed by atoms with E-state index in [-0.39, 0.29) is 0 Å². The number of nitrogens with two attached hydrogens (primary N) is 1. The molecular formula is C8H12N2. The third-order valence-electron chi connectivity index (χ3n) is 0.803. The number of rotatable bonds is 3. The summed E-state index contributed by atoms with van der Waals surface area (Å²) in [5.74, 6) is 0.521. The second-order valence-corrected chi connectivity index (χ2v) is 1.78. The zero-order valence-electron chi connectivity index (χ0n) is 6.17. The predicted molar refractivity (Wildman–Crippen MR) is 45.8 cm³/mol. The second-order valence-electron chi connectivity index (χ2n) is 1.78. The monoisotopic (exact) mass is 136 g/mol. The van der Waals surface area contributed by atoms with E-state index in [1.807, 2.05) is 0 Å². The van der Waals surface area contributed by atoms with Crippen LogP contribution in [0.1, 0.15) is 6.92 Å². The molecule has 0 fully saturated rings. The maximum Gasteiger partial charge on any atom is 0.0964 e. The van der Waals surface area contributed by atoms with Gasteiger partial charge in [-0.25, -0.2) is 4.99 Å². The average molecular weight is 136 g/mol. The molecule has 0 saturated heterocycles. The van der Waals surface area contributed by atoms with Crippen molar-refractivity contribution in [3.63, 3.8) is 0 Å². The topological polar surface area (TPSA) is 38.4 Å². The van der Waals surface area contributed by atoms with Crippen LogP contribution in [0.15, 0.2) is 42.1 Å². The van der Waals surface area contributed by atoms with E-state index in [2.05, 4.69) is 18.2 Å². The summed E-state index contributed by atoms with van der Waals surface area (Å²) < 4.78 is 0. The molecule has 0 aromatic rings. The first-order valence-electron chi connectivity index (χ1n) is 2.96. The van der Waals surface area contributed by atoms with Gasteiger partial charge in [-0.1, -0.05) is 19.2 Å². The van der Waals surface area contributed by atoms with Crippen LogP contribution in [0.3, 0.4) is 0 Å². The van der Waals surface area contributed by atoms with Crippen LogP contribution in [-0.4, -0.2) is 5.84 Å². The Morgan fingerprint density at radius 2 is 2.10 bits per heavy atom. The highest BCUT2D eigenvalue weighted by Crippen LogP contribution is 1.96. The van der Waals surface area contributed by atoms with Crippen LogP contribution in [0.5, 0.6) is 0 Å². The number of aliphatic imine (C=N–C) groups is 1. The van der Waals surface area contributed by atoms with E-state index in [0.29, 0.717) is 5.84 Å². The van der Waals surface area contributed by atoms with Gasteiger partial charge in [-0.2, -0.15) is 0 Å². The molecular weight excluding hydrogens is 124 g/mol. The highest BCUT2D eigenvalue weighted by molar-refractivity contribution is 5.78. The molecule has 2 N–H and O–H groups in total. The molecule has 54 valence electrons. The minimum Gasteiger partial charge on any atom is -0.387 e. The molecule has 0 bridgehead atoms. The van der Waals surface area contributed by atoms with Gasteiger partial charge >= 0.3 is 0 Å². The van der Waals surface area contributed by atoms with Gasteiger partial charge in [-0.15, -0.1) is 0 Å². The summed E-state index contributed by atoms with van der Waals surface area (Å²) in [6.07, 6.45) is 5.00. The Morgan fingerprint density at radius 3 is 2.40 bits per heavy atom. The van der Waals surface area contributed by atoms with Gasteiger partial charge in [0, 0.05) is 0 Å². The van der Waals surface area contributed by atoms with Gasteiger partial charge in [0.25, 0.3) is 0 Å². The van der Waals surface area contributed by atoms with E-state index >= 15 is 0 Å². The smallest absolute Gasteiger partial charge is 0.0964 e. The zero-order valence-corrected chi connectivity index (χ0v) is 6.17. The van der Waals surface area contributed by atoms with Crippen molar-refractivity contribution in [3.05, 3.63) is 37.1 Å². The zero-order chi connectivity index (χ0) is 7.98. The summed E-state index contributed by atoms with van der Waals surface area (Å²) in [5, 5.41) is 0. The molecule has 0 aliphatic rings. The van der Waals surface area contributed by atoms with Gasteiger partial charge in [-0.3, -0.25) is 0 Å². The fourth-order valence-corrected chi connectivity index (χ4v) is 0.475. The Balaban J connectivity index is 4.37. The van der Waals surface area contributed by atoms with E-state index in [9.17, 15) is 0 Å². The number of amidine groups is 1. The van der Waals surface area contributed by atoms with Gasteiger partial charge in [0.05, 0.1) is 11.5 Å². The van der Waals surface area contributed by atoms with E-state index in [1.165, 1.54) is 0 Å². The first-order chi connectivity index (χ1) is 4.70. The summed E-state index contributed by atoms with van der Waals surface area (Å²) in [5.41, 5.74) is 6.06. The average Bonchev–Trinajstić information content (AvgIpc) is 1.86. The van der Waals surface area contributed by atoms with Crippen LogP contribution < -0.4 is 5.73 Å². The molecule has 0 aliphatic carbocycles. The fourth-order valence-electron chi connectivity index (χ4n) is 0.475. The number of hydrogen-bond donors (Lipinski definition) is 1. The number of hydrogen-bond acceptors (Lipinski definition) is 1. The van der Waals surface area contributed by atoms with Crippen molar-refractivity contribution in [2.24, 2.45) is 10.7 Å². The van der Waals surface area contributed by atoms with E-state index < -0.39 is 0 Å². The third-order valence-corrected chi connectivity index (χ3v) is 0.803. The van der Waals surface area contributed by atoms with Crippen LogP contribution in [-0.2, 0) is 0 Å². The Kier molecular flexibility index (Phi) is 3.96. The van der Waals surface area contributed by atoms with Crippen molar-refractivity contribution >= 4 is 5.84 Å². The normalized spacial score (nSPS) is 12.9. The standard InChI is InChI=1S/C8H12N2/c1-4-6-8(5-2)10-7(3)9/h4-6H,1-2H2,3H3,(H2,9,10)/b8-6+. The van der Waals surface area contributed by atoms with Crippen LogP contribution in [0.4, 0.5) is 0 Å². The summed E-state index contributed by atoms with van der Waals surface area (Å²) in [4.78, 5) is 3.95. The lowest BCUT2D eigenvalue weighted by Gasteiger charge is -1.91. The Morgan fingerprint density at radius 1 is 1.50 bits per heavy atom. The Labute approximate surface area is 61.5 Å². The quantitative estimate of drug-likeness (QED) is 0.357. The third kappa shape index (κ3) is 3.66. The lowest BCUT2D eigenvalue weighted by Crippen LogP contribution is -2.04. The van der Waals surface area contributed by atoms with Gasteiger partial charge in [-0.05, 0) is 19.1 Å². The van der Waals surface area contributed by atoms with Crippen molar-refractivity contribution in [1.82, 2.24) is 0 Å². The maximum absolute atomic E-state index is 5.33. The molecule has 10 heavy (non-hydrogen) atoms. The van der Waals surface area contributed by atoms with E-state index in [0.717, 1.165) is 5.70 Å². The largest absolute Gasteiger partial charge is 0.387 e. The van der Waals surface area contributed by atoms with Crippen molar-refractivity contribution in [1.29, 1.82) is 0 Å². The molecule has 0 rings (SSSR count). The van der Waals surface area contributed by atoms with Crippen LogP contribution in [0.2, 0.25) is 0 Å². The van der Waals surface area contributed by atoms with Crippen molar-refractivity contribution in [2.45, 2.75) is 6.92 Å². The minimum atomic E-state index is 0.521. The summed E-state index contributed by atoms with van der Waals surface area (Å²) in [6, 6.07) is 0. The highest BCUT2D eigenvalue weighted by Gasteiger charge is 1.83. The van der Waals surface area contributed by atoms with Crippen molar-refractivity contribution in [3.8, 4) is 0 Å². The number of nitrogens with zero attached hydrogens (tertiary/aromatic N) is 1. The summed E-state index contributed by atoms with van der Waals surface area (Å²) in [6.45, 7) is 8.80. The van der Waals surface area contributed by atoms with Crippen LogP contribution >= 0.6 is 0 Å². The lowest BCUT2D eigenvalue weighted by atomic mass is 10.4. The van der Waals surface area contributed by atoms with Gasteiger partial charge in [0.2, 0.25) is 0 Å². The molecule has 0 aromatic carbocycles.